The maximum atomic E-state index is 12.2. The number of thioether (sulfide) groups is 1. The van der Waals surface area contributed by atoms with Gasteiger partial charge >= 0.3 is 0 Å². The molecule has 0 fully saturated rings. The van der Waals surface area contributed by atoms with E-state index in [-0.39, 0.29) is 5.91 Å². The fourth-order valence-corrected chi connectivity index (χ4v) is 3.85. The number of benzene rings is 1. The first kappa shape index (κ1) is 17.6. The smallest absolute Gasteiger partial charge is 0.234 e. The van der Waals surface area contributed by atoms with Crippen molar-refractivity contribution in [3.63, 3.8) is 0 Å². The van der Waals surface area contributed by atoms with E-state index < -0.39 is 0 Å². The van der Waals surface area contributed by atoms with E-state index in [0.717, 1.165) is 22.0 Å². The molecule has 0 atom stereocenters. The Kier molecular flexibility index (Phi) is 5.78. The molecule has 1 amide bonds. The highest BCUT2D eigenvalue weighted by atomic mass is 32.2. The third-order valence-corrected chi connectivity index (χ3v) is 5.27. The minimum atomic E-state index is -0.0598. The maximum Gasteiger partial charge on any atom is 0.234 e. The molecule has 1 aromatic carbocycles. The molecular formula is C18H18N2O3S2. The monoisotopic (exact) mass is 374 g/mol. The fraction of sp³-hybridized carbons (Fsp3) is 0.222. The molecule has 0 radical (unpaired) electrons. The molecule has 1 N–H and O–H groups in total. The maximum absolute atomic E-state index is 12.2. The Labute approximate surface area is 154 Å². The molecule has 0 unspecified atom stereocenters. The van der Waals surface area contributed by atoms with Crippen LogP contribution in [-0.2, 0) is 10.5 Å². The van der Waals surface area contributed by atoms with E-state index in [2.05, 4.69) is 10.3 Å². The Hall–Kier alpha value is -2.25. The van der Waals surface area contributed by atoms with Gasteiger partial charge in [-0.1, -0.05) is 6.07 Å². The molecule has 0 saturated heterocycles. The Morgan fingerprint density at radius 1 is 1.40 bits per heavy atom. The van der Waals surface area contributed by atoms with Crippen LogP contribution in [0.25, 0.3) is 10.8 Å². The minimum absolute atomic E-state index is 0.0598. The largest absolute Gasteiger partial charge is 0.495 e. The van der Waals surface area contributed by atoms with Crippen LogP contribution in [-0.4, -0.2) is 23.8 Å². The van der Waals surface area contributed by atoms with E-state index in [0.29, 0.717) is 22.9 Å². The summed E-state index contributed by atoms with van der Waals surface area (Å²) in [6, 6.07) is 9.43. The Balaban J connectivity index is 1.51. The highest BCUT2D eigenvalue weighted by Gasteiger charge is 2.10. The first-order valence-electron chi connectivity index (χ1n) is 7.66. The molecule has 0 bridgehead atoms. The molecule has 7 heteroatoms. The summed E-state index contributed by atoms with van der Waals surface area (Å²) < 4.78 is 10.6. The van der Waals surface area contributed by atoms with Crippen molar-refractivity contribution in [1.29, 1.82) is 0 Å². The van der Waals surface area contributed by atoms with Gasteiger partial charge in [-0.25, -0.2) is 4.98 Å². The van der Waals surface area contributed by atoms with Crippen molar-refractivity contribution in [2.45, 2.75) is 12.7 Å². The first-order chi connectivity index (χ1) is 12.2. The summed E-state index contributed by atoms with van der Waals surface area (Å²) in [6.07, 6.45) is 1.63. The summed E-state index contributed by atoms with van der Waals surface area (Å²) in [7, 11) is 1.59. The Morgan fingerprint density at radius 2 is 2.28 bits per heavy atom. The van der Waals surface area contributed by atoms with Crippen LogP contribution in [0, 0.1) is 6.92 Å². The van der Waals surface area contributed by atoms with Crippen LogP contribution in [0.4, 0.5) is 5.69 Å². The summed E-state index contributed by atoms with van der Waals surface area (Å²) in [5.41, 5.74) is 2.71. The number of carbonyl (C=O) groups is 1. The lowest BCUT2D eigenvalue weighted by Crippen LogP contribution is -2.15. The van der Waals surface area contributed by atoms with Crippen molar-refractivity contribution in [1.82, 2.24) is 4.98 Å². The minimum Gasteiger partial charge on any atom is -0.495 e. The van der Waals surface area contributed by atoms with Crippen molar-refractivity contribution in [2.75, 3.05) is 18.2 Å². The average molecular weight is 374 g/mol. The zero-order valence-corrected chi connectivity index (χ0v) is 15.6. The van der Waals surface area contributed by atoms with Gasteiger partial charge in [0.2, 0.25) is 5.91 Å². The molecule has 130 valence electrons. The number of ether oxygens (including phenoxy) is 1. The quantitative estimate of drug-likeness (QED) is 0.655. The summed E-state index contributed by atoms with van der Waals surface area (Å²) in [5.74, 6) is 2.40. The number of amides is 1. The number of furan rings is 1. The van der Waals surface area contributed by atoms with Gasteiger partial charge in [-0.3, -0.25) is 4.79 Å². The molecular weight excluding hydrogens is 356 g/mol. The molecule has 0 aliphatic heterocycles. The van der Waals surface area contributed by atoms with Gasteiger partial charge < -0.3 is 14.5 Å². The van der Waals surface area contributed by atoms with E-state index in [9.17, 15) is 4.79 Å². The molecule has 2 heterocycles. The number of carbonyl (C=O) groups excluding carboxylic acids is 1. The second-order valence-electron chi connectivity index (χ2n) is 5.37. The second-order valence-corrected chi connectivity index (χ2v) is 7.21. The Morgan fingerprint density at radius 3 is 3.04 bits per heavy atom. The van der Waals surface area contributed by atoms with E-state index in [1.54, 1.807) is 13.4 Å². The predicted molar refractivity (Wildman–Crippen MR) is 102 cm³/mol. The third-order valence-electron chi connectivity index (χ3n) is 3.40. The standard InChI is InChI=1S/C18H18N2O3S2/c1-12-5-6-15(22-2)14(8-12)20-17(21)11-24-9-13-10-25-18(19-13)16-4-3-7-23-16/h3-8,10H,9,11H2,1-2H3,(H,20,21). The van der Waals surface area contributed by atoms with Crippen molar-refractivity contribution in [3.05, 3.63) is 53.2 Å². The molecule has 3 rings (SSSR count). The lowest BCUT2D eigenvalue weighted by atomic mass is 10.2. The number of aryl methyl sites for hydroxylation is 1. The highest BCUT2D eigenvalue weighted by molar-refractivity contribution is 7.99. The molecule has 25 heavy (non-hydrogen) atoms. The molecule has 0 aliphatic carbocycles. The SMILES string of the molecule is COc1ccc(C)cc1NC(=O)CSCc1csc(-c2ccco2)n1. The summed E-state index contributed by atoms with van der Waals surface area (Å²) >= 11 is 3.06. The van der Waals surface area contributed by atoms with Crippen LogP contribution in [0.2, 0.25) is 0 Å². The van der Waals surface area contributed by atoms with Gasteiger partial charge in [0.05, 0.1) is 30.5 Å². The van der Waals surface area contributed by atoms with Crippen LogP contribution in [0.3, 0.4) is 0 Å². The fourth-order valence-electron chi connectivity index (χ4n) is 2.24. The van der Waals surface area contributed by atoms with Crippen LogP contribution in [0.1, 0.15) is 11.3 Å². The predicted octanol–water partition coefficient (Wildman–Crippen LogP) is 4.59. The third kappa shape index (κ3) is 4.64. The van der Waals surface area contributed by atoms with Gasteiger partial charge in [0, 0.05) is 11.1 Å². The van der Waals surface area contributed by atoms with Crippen LogP contribution >= 0.6 is 23.1 Å². The molecule has 0 aliphatic rings. The number of hydrogen-bond donors (Lipinski definition) is 1. The highest BCUT2D eigenvalue weighted by Crippen LogP contribution is 2.27. The lowest BCUT2D eigenvalue weighted by Gasteiger charge is -2.10. The van der Waals surface area contributed by atoms with Gasteiger partial charge in [0.15, 0.2) is 10.8 Å². The number of thiazole rings is 1. The number of anilines is 1. The number of nitrogens with one attached hydrogen (secondary N) is 1. The van der Waals surface area contributed by atoms with Gasteiger partial charge in [0.1, 0.15) is 5.75 Å². The van der Waals surface area contributed by atoms with Gasteiger partial charge in [-0.2, -0.15) is 0 Å². The van der Waals surface area contributed by atoms with E-state index >= 15 is 0 Å². The van der Waals surface area contributed by atoms with Gasteiger partial charge in [0.25, 0.3) is 0 Å². The number of aromatic nitrogens is 1. The second kappa shape index (κ2) is 8.22. The van der Waals surface area contributed by atoms with Gasteiger partial charge in [-0.15, -0.1) is 23.1 Å². The van der Waals surface area contributed by atoms with Gasteiger partial charge in [-0.05, 0) is 36.8 Å². The zero-order valence-electron chi connectivity index (χ0n) is 13.9. The van der Waals surface area contributed by atoms with E-state index in [1.165, 1.54) is 23.1 Å². The summed E-state index contributed by atoms with van der Waals surface area (Å²) in [4.78, 5) is 16.7. The van der Waals surface area contributed by atoms with Crippen LogP contribution < -0.4 is 10.1 Å². The summed E-state index contributed by atoms with van der Waals surface area (Å²) in [6.45, 7) is 1.97. The van der Waals surface area contributed by atoms with Crippen molar-refractivity contribution in [2.24, 2.45) is 0 Å². The topological polar surface area (TPSA) is 64.4 Å². The number of nitrogens with zero attached hydrogens (tertiary/aromatic N) is 1. The molecule has 3 aromatic rings. The molecule has 5 nitrogen and oxygen atoms in total. The molecule has 2 aromatic heterocycles. The van der Waals surface area contributed by atoms with Crippen molar-refractivity contribution >= 4 is 34.7 Å². The number of rotatable bonds is 7. The van der Waals surface area contributed by atoms with Crippen molar-refractivity contribution < 1.29 is 13.9 Å². The van der Waals surface area contributed by atoms with E-state index in [4.69, 9.17) is 9.15 Å². The lowest BCUT2D eigenvalue weighted by molar-refractivity contribution is -0.113. The normalized spacial score (nSPS) is 10.6. The molecule has 0 spiro atoms. The van der Waals surface area contributed by atoms with E-state index in [1.807, 2.05) is 42.6 Å². The average Bonchev–Trinajstić information content (AvgIpc) is 3.26. The van der Waals surface area contributed by atoms with Crippen molar-refractivity contribution in [3.8, 4) is 16.5 Å². The van der Waals surface area contributed by atoms with Crippen LogP contribution in [0.5, 0.6) is 5.75 Å². The summed E-state index contributed by atoms with van der Waals surface area (Å²) in [5, 5.41) is 5.75. The molecule has 0 saturated carbocycles. The first-order valence-corrected chi connectivity index (χ1v) is 9.69. The Bertz CT molecular complexity index is 844. The number of hydrogen-bond acceptors (Lipinski definition) is 6. The zero-order chi connectivity index (χ0) is 17.6. The number of methoxy groups -OCH3 is 1. The van der Waals surface area contributed by atoms with Crippen LogP contribution in [0.15, 0.2) is 46.4 Å².